The van der Waals surface area contributed by atoms with Gasteiger partial charge < -0.3 is 9.64 Å². The third kappa shape index (κ3) is 3.21. The highest BCUT2D eigenvalue weighted by Crippen LogP contribution is 2.34. The number of rotatable bonds is 6. The molecule has 1 unspecified atom stereocenters. The first-order valence-corrected chi connectivity index (χ1v) is 8.89. The van der Waals surface area contributed by atoms with Crippen LogP contribution in [0.15, 0.2) is 18.2 Å². The molecule has 2 aliphatic rings. The number of nitrogens with zero attached hydrogens (tertiary/aromatic N) is 3. The Bertz CT molecular complexity index is 805. The van der Waals surface area contributed by atoms with E-state index in [1.54, 1.807) is 44.3 Å². The lowest BCUT2D eigenvalue weighted by Gasteiger charge is -2.34. The van der Waals surface area contributed by atoms with Crippen molar-refractivity contribution in [3.05, 3.63) is 29.3 Å². The highest BCUT2D eigenvalue weighted by Gasteiger charge is 2.47. The molecular weight excluding hydrogens is 350 g/mol. The first kappa shape index (κ1) is 19.0. The lowest BCUT2D eigenvalue weighted by molar-refractivity contribution is -0.151. The van der Waals surface area contributed by atoms with E-state index >= 15 is 0 Å². The summed E-state index contributed by atoms with van der Waals surface area (Å²) in [6.07, 6.45) is 0.784. The van der Waals surface area contributed by atoms with Crippen LogP contribution in [-0.4, -0.2) is 73.8 Å². The van der Waals surface area contributed by atoms with Gasteiger partial charge in [0.2, 0.25) is 5.91 Å². The monoisotopic (exact) mass is 373 g/mol. The van der Waals surface area contributed by atoms with Crippen LogP contribution in [-0.2, 0) is 14.3 Å². The summed E-state index contributed by atoms with van der Waals surface area (Å²) in [4.78, 5) is 54.9. The van der Waals surface area contributed by atoms with Crippen molar-refractivity contribution in [2.24, 2.45) is 0 Å². The van der Waals surface area contributed by atoms with Crippen LogP contribution in [0.4, 0.5) is 5.69 Å². The normalized spacial score (nSPS) is 19.7. The SMILES string of the molecule is COCCCN1C(=O)CCC(N2C(=O)c3cccc(N(C)C)c3C2=O)C1=O. The van der Waals surface area contributed by atoms with Crippen molar-refractivity contribution < 1.29 is 23.9 Å². The third-order valence-corrected chi connectivity index (χ3v) is 4.93. The second kappa shape index (κ2) is 7.48. The van der Waals surface area contributed by atoms with Gasteiger partial charge >= 0.3 is 0 Å². The average molecular weight is 373 g/mol. The van der Waals surface area contributed by atoms with Gasteiger partial charge in [0.1, 0.15) is 6.04 Å². The van der Waals surface area contributed by atoms with E-state index < -0.39 is 23.8 Å². The molecule has 3 rings (SSSR count). The predicted octanol–water partition coefficient (Wildman–Crippen LogP) is 0.903. The molecule has 2 aliphatic heterocycles. The van der Waals surface area contributed by atoms with Crippen LogP contribution in [0.2, 0.25) is 0 Å². The predicted molar refractivity (Wildman–Crippen MR) is 97.5 cm³/mol. The second-order valence-electron chi connectivity index (χ2n) is 6.86. The topological polar surface area (TPSA) is 87.2 Å². The van der Waals surface area contributed by atoms with Gasteiger partial charge in [-0.05, 0) is 25.0 Å². The molecule has 1 aromatic carbocycles. The number of hydrogen-bond acceptors (Lipinski definition) is 6. The Labute approximate surface area is 157 Å². The molecular formula is C19H23N3O5. The lowest BCUT2D eigenvalue weighted by atomic mass is 10.0. The molecule has 8 heteroatoms. The van der Waals surface area contributed by atoms with Gasteiger partial charge in [-0.3, -0.25) is 29.0 Å². The first-order chi connectivity index (χ1) is 12.9. The Hall–Kier alpha value is -2.74. The summed E-state index contributed by atoms with van der Waals surface area (Å²) < 4.78 is 4.97. The largest absolute Gasteiger partial charge is 0.385 e. The summed E-state index contributed by atoms with van der Waals surface area (Å²) in [5.74, 6) is -1.74. The fraction of sp³-hybridized carbons (Fsp3) is 0.474. The molecule has 144 valence electrons. The molecule has 0 radical (unpaired) electrons. The van der Waals surface area contributed by atoms with Crippen molar-refractivity contribution in [2.45, 2.75) is 25.3 Å². The number of carbonyl (C=O) groups is 4. The molecule has 0 aromatic heterocycles. The Kier molecular flexibility index (Phi) is 5.27. The van der Waals surface area contributed by atoms with E-state index in [4.69, 9.17) is 4.74 Å². The minimum Gasteiger partial charge on any atom is -0.385 e. The maximum atomic E-state index is 13.0. The zero-order valence-corrected chi connectivity index (χ0v) is 15.7. The summed E-state index contributed by atoms with van der Waals surface area (Å²) in [6.45, 7) is 0.634. The van der Waals surface area contributed by atoms with Gasteiger partial charge in [-0.1, -0.05) is 6.07 Å². The number of anilines is 1. The number of piperidine rings is 1. The second-order valence-corrected chi connectivity index (χ2v) is 6.86. The van der Waals surface area contributed by atoms with E-state index in [0.29, 0.717) is 29.8 Å². The summed E-state index contributed by atoms with van der Waals surface area (Å²) in [5.41, 5.74) is 1.23. The minimum absolute atomic E-state index is 0.122. The molecule has 0 saturated carbocycles. The van der Waals surface area contributed by atoms with Gasteiger partial charge in [-0.25, -0.2) is 0 Å². The minimum atomic E-state index is -0.951. The number of amides is 4. The molecule has 1 saturated heterocycles. The summed E-state index contributed by atoms with van der Waals surface area (Å²) in [7, 11) is 5.12. The van der Waals surface area contributed by atoms with Gasteiger partial charge in [0.25, 0.3) is 17.7 Å². The Morgan fingerprint density at radius 2 is 1.89 bits per heavy atom. The molecule has 1 aromatic rings. The number of ether oxygens (including phenoxy) is 1. The van der Waals surface area contributed by atoms with Gasteiger partial charge in [-0.15, -0.1) is 0 Å². The molecule has 8 nitrogen and oxygen atoms in total. The number of fused-ring (bicyclic) bond motifs is 1. The van der Waals surface area contributed by atoms with Crippen molar-refractivity contribution in [2.75, 3.05) is 39.3 Å². The Morgan fingerprint density at radius 3 is 2.56 bits per heavy atom. The van der Waals surface area contributed by atoms with E-state index in [0.717, 1.165) is 9.80 Å². The summed E-state index contributed by atoms with van der Waals surface area (Å²) >= 11 is 0. The number of methoxy groups -OCH3 is 1. The van der Waals surface area contributed by atoms with Crippen molar-refractivity contribution in [1.29, 1.82) is 0 Å². The molecule has 4 amide bonds. The van der Waals surface area contributed by atoms with E-state index in [2.05, 4.69) is 0 Å². The van der Waals surface area contributed by atoms with Crippen molar-refractivity contribution in [3.8, 4) is 0 Å². The van der Waals surface area contributed by atoms with Crippen LogP contribution in [0.25, 0.3) is 0 Å². The first-order valence-electron chi connectivity index (χ1n) is 8.89. The molecule has 1 atom stereocenters. The molecule has 0 aliphatic carbocycles. The van der Waals surface area contributed by atoms with Gasteiger partial charge in [-0.2, -0.15) is 0 Å². The van der Waals surface area contributed by atoms with E-state index in [9.17, 15) is 19.2 Å². The van der Waals surface area contributed by atoms with Gasteiger partial charge in [0.15, 0.2) is 0 Å². The maximum absolute atomic E-state index is 13.0. The molecule has 0 spiro atoms. The Balaban J connectivity index is 1.89. The van der Waals surface area contributed by atoms with Crippen LogP contribution in [0.3, 0.4) is 0 Å². The third-order valence-electron chi connectivity index (χ3n) is 4.93. The zero-order valence-electron chi connectivity index (χ0n) is 15.7. The molecule has 2 heterocycles. The zero-order chi connectivity index (χ0) is 19.7. The van der Waals surface area contributed by atoms with E-state index in [1.807, 2.05) is 0 Å². The van der Waals surface area contributed by atoms with Crippen molar-refractivity contribution in [3.63, 3.8) is 0 Å². The standard InChI is InChI=1S/C19H23N3O5/c1-20(2)13-7-4-6-12-16(13)19(26)22(17(12)24)14-8-9-15(23)21(18(14)25)10-5-11-27-3/h4,6-7,14H,5,8-11H2,1-3H3. The Morgan fingerprint density at radius 1 is 1.15 bits per heavy atom. The van der Waals surface area contributed by atoms with Gasteiger partial charge in [0, 0.05) is 46.5 Å². The lowest BCUT2D eigenvalue weighted by Crippen LogP contribution is -2.56. The smallest absolute Gasteiger partial charge is 0.264 e. The number of hydrogen-bond donors (Lipinski definition) is 0. The van der Waals surface area contributed by atoms with E-state index in [1.165, 1.54) is 0 Å². The summed E-state index contributed by atoms with van der Waals surface area (Å²) in [6, 6.07) is 4.12. The average Bonchev–Trinajstić information content (AvgIpc) is 2.89. The van der Waals surface area contributed by atoms with Gasteiger partial charge in [0.05, 0.1) is 11.1 Å². The number of benzene rings is 1. The van der Waals surface area contributed by atoms with Crippen LogP contribution in [0.5, 0.6) is 0 Å². The fourth-order valence-corrected chi connectivity index (χ4v) is 3.60. The van der Waals surface area contributed by atoms with E-state index in [-0.39, 0.29) is 25.3 Å². The fourth-order valence-electron chi connectivity index (χ4n) is 3.60. The highest BCUT2D eigenvalue weighted by atomic mass is 16.5. The molecule has 0 bridgehead atoms. The summed E-state index contributed by atoms with van der Waals surface area (Å²) in [5, 5.41) is 0. The maximum Gasteiger partial charge on any atom is 0.264 e. The molecule has 1 fully saturated rings. The quantitative estimate of drug-likeness (QED) is 0.544. The molecule has 0 N–H and O–H groups in total. The highest BCUT2D eigenvalue weighted by molar-refractivity contribution is 6.25. The van der Waals surface area contributed by atoms with Crippen LogP contribution in [0.1, 0.15) is 40.0 Å². The number of likely N-dealkylation sites (tertiary alicyclic amines) is 1. The van der Waals surface area contributed by atoms with Crippen LogP contribution >= 0.6 is 0 Å². The van der Waals surface area contributed by atoms with Crippen molar-refractivity contribution >= 4 is 29.3 Å². The van der Waals surface area contributed by atoms with Crippen LogP contribution < -0.4 is 4.90 Å². The van der Waals surface area contributed by atoms with Crippen LogP contribution in [0, 0.1) is 0 Å². The van der Waals surface area contributed by atoms with Crippen molar-refractivity contribution in [1.82, 2.24) is 9.80 Å². The number of imide groups is 2. The molecule has 27 heavy (non-hydrogen) atoms. The number of carbonyl (C=O) groups excluding carboxylic acids is 4.